The molecule has 3 fully saturated rings. The molecule has 2 aliphatic heterocycles. The molecule has 1 aromatic heterocycles. The molecule has 0 aromatic carbocycles. The van der Waals surface area contributed by atoms with Crippen molar-refractivity contribution in [3.05, 3.63) is 17.0 Å². The highest BCUT2D eigenvalue weighted by Crippen LogP contribution is 2.35. The van der Waals surface area contributed by atoms with Gasteiger partial charge in [0.1, 0.15) is 12.1 Å². The second kappa shape index (κ2) is 7.61. The summed E-state index contributed by atoms with van der Waals surface area (Å²) >= 11 is 0. The topological polar surface area (TPSA) is 122 Å². The van der Waals surface area contributed by atoms with Crippen LogP contribution in [0.2, 0.25) is 0 Å². The Hall–Kier alpha value is -2.43. The van der Waals surface area contributed by atoms with Crippen molar-refractivity contribution in [3.8, 4) is 0 Å². The van der Waals surface area contributed by atoms with E-state index < -0.39 is 21.4 Å². The van der Waals surface area contributed by atoms with Gasteiger partial charge in [-0.1, -0.05) is 12.8 Å². The fraction of sp³-hybridized carbons (Fsp3) is 0.700. The van der Waals surface area contributed by atoms with E-state index in [1.807, 2.05) is 13.8 Å². The summed E-state index contributed by atoms with van der Waals surface area (Å²) in [5.74, 6) is -0.401. The molecule has 0 unspecified atom stereocenters. The van der Waals surface area contributed by atoms with Gasteiger partial charge < -0.3 is 10.2 Å². The first-order valence-electron chi connectivity index (χ1n) is 10.7. The Kier molecular flexibility index (Phi) is 5.35. The Morgan fingerprint density at radius 2 is 1.94 bits per heavy atom. The average Bonchev–Trinajstić information content (AvgIpc) is 3.43. The largest absolute Gasteiger partial charge is 0.340 e. The van der Waals surface area contributed by atoms with Crippen molar-refractivity contribution >= 4 is 27.7 Å². The fourth-order valence-electron chi connectivity index (χ4n) is 4.97. The van der Waals surface area contributed by atoms with Gasteiger partial charge in [-0.25, -0.2) is 13.2 Å². The van der Waals surface area contributed by atoms with E-state index in [2.05, 4.69) is 10.4 Å². The zero-order valence-electron chi connectivity index (χ0n) is 18.2. The molecule has 1 aromatic rings. The number of hydrogen-bond donors (Lipinski definition) is 1. The van der Waals surface area contributed by atoms with Crippen LogP contribution < -0.4 is 5.32 Å². The molecule has 1 atom stereocenters. The Balaban J connectivity index is 1.44. The molecule has 4 amide bonds. The predicted molar refractivity (Wildman–Crippen MR) is 112 cm³/mol. The monoisotopic (exact) mass is 451 g/mol. The smallest absolute Gasteiger partial charge is 0.325 e. The second-order valence-electron chi connectivity index (χ2n) is 9.01. The van der Waals surface area contributed by atoms with E-state index in [1.54, 1.807) is 11.7 Å². The molecule has 31 heavy (non-hydrogen) atoms. The van der Waals surface area contributed by atoms with E-state index in [0.717, 1.165) is 34.7 Å². The van der Waals surface area contributed by atoms with Gasteiger partial charge in [0.05, 0.1) is 23.2 Å². The number of sulfone groups is 1. The van der Waals surface area contributed by atoms with Crippen LogP contribution in [0, 0.1) is 13.8 Å². The van der Waals surface area contributed by atoms with Crippen molar-refractivity contribution in [1.29, 1.82) is 0 Å². The molecule has 0 radical (unpaired) electrons. The molecule has 11 heteroatoms. The Bertz CT molecular complexity index is 1040. The maximum atomic E-state index is 12.8. The van der Waals surface area contributed by atoms with Gasteiger partial charge in [0, 0.05) is 24.8 Å². The van der Waals surface area contributed by atoms with Gasteiger partial charge in [-0.05, 0) is 33.1 Å². The van der Waals surface area contributed by atoms with Crippen LogP contribution in [0.4, 0.5) is 4.79 Å². The molecule has 1 N–H and O–H groups in total. The number of aromatic nitrogens is 2. The number of nitrogens with zero attached hydrogens (tertiary/aromatic N) is 4. The molecule has 3 heterocycles. The standard InChI is InChI=1S/C20H29N5O5S/c1-13-16(14(2)25(22-13)15-6-9-31(29,30)12-15)10-23(3)17(26)11-24-18(27)20(21-19(24)28)7-4-5-8-20/h15H,4-12H2,1-3H3,(H,21,28)/t15-/m0/s1. The van der Waals surface area contributed by atoms with Crippen LogP contribution >= 0.6 is 0 Å². The number of aryl methyl sites for hydroxylation is 1. The van der Waals surface area contributed by atoms with E-state index in [-0.39, 0.29) is 42.5 Å². The summed E-state index contributed by atoms with van der Waals surface area (Å²) in [5, 5.41) is 7.32. The molecule has 1 saturated carbocycles. The zero-order chi connectivity index (χ0) is 22.6. The number of carbonyl (C=O) groups excluding carboxylic acids is 3. The summed E-state index contributed by atoms with van der Waals surface area (Å²) in [7, 11) is -1.41. The maximum Gasteiger partial charge on any atom is 0.325 e. The molecule has 170 valence electrons. The molecule has 4 rings (SSSR count). The first-order valence-corrected chi connectivity index (χ1v) is 12.5. The minimum absolute atomic E-state index is 0.0805. The number of rotatable bonds is 5. The zero-order valence-corrected chi connectivity index (χ0v) is 19.0. The lowest BCUT2D eigenvalue weighted by Crippen LogP contribution is -2.45. The van der Waals surface area contributed by atoms with Crippen LogP contribution in [0.5, 0.6) is 0 Å². The molecule has 2 saturated heterocycles. The molecular weight excluding hydrogens is 422 g/mol. The number of likely N-dealkylation sites (N-methyl/N-ethyl adjacent to an activating group) is 1. The van der Waals surface area contributed by atoms with E-state index in [4.69, 9.17) is 0 Å². The lowest BCUT2D eigenvalue weighted by Gasteiger charge is -2.22. The summed E-state index contributed by atoms with van der Waals surface area (Å²) in [4.78, 5) is 40.4. The van der Waals surface area contributed by atoms with Crippen molar-refractivity contribution in [1.82, 2.24) is 24.9 Å². The third-order valence-electron chi connectivity index (χ3n) is 6.85. The minimum Gasteiger partial charge on any atom is -0.340 e. The van der Waals surface area contributed by atoms with Crippen molar-refractivity contribution in [2.24, 2.45) is 0 Å². The molecule has 1 aliphatic carbocycles. The van der Waals surface area contributed by atoms with Gasteiger partial charge in [-0.3, -0.25) is 19.2 Å². The van der Waals surface area contributed by atoms with Gasteiger partial charge in [-0.2, -0.15) is 5.10 Å². The number of imide groups is 1. The maximum absolute atomic E-state index is 12.8. The summed E-state index contributed by atoms with van der Waals surface area (Å²) < 4.78 is 25.4. The number of nitrogens with one attached hydrogen (secondary N) is 1. The number of hydrogen-bond acceptors (Lipinski definition) is 6. The third-order valence-corrected chi connectivity index (χ3v) is 8.60. The Morgan fingerprint density at radius 3 is 2.55 bits per heavy atom. The molecular formula is C20H29N5O5S. The van der Waals surface area contributed by atoms with Crippen molar-refractivity contribution in [3.63, 3.8) is 0 Å². The summed E-state index contributed by atoms with van der Waals surface area (Å²) in [6, 6.07) is -0.691. The molecule has 0 bridgehead atoms. The van der Waals surface area contributed by atoms with Crippen LogP contribution in [0.1, 0.15) is 55.1 Å². The van der Waals surface area contributed by atoms with Crippen molar-refractivity contribution in [2.45, 2.75) is 64.1 Å². The van der Waals surface area contributed by atoms with Gasteiger partial charge in [0.2, 0.25) is 5.91 Å². The van der Waals surface area contributed by atoms with Gasteiger partial charge >= 0.3 is 6.03 Å². The first kappa shape index (κ1) is 21.8. The third kappa shape index (κ3) is 3.83. The highest BCUT2D eigenvalue weighted by Gasteiger charge is 2.52. The number of carbonyl (C=O) groups is 3. The quantitative estimate of drug-likeness (QED) is 0.657. The lowest BCUT2D eigenvalue weighted by molar-refractivity contribution is -0.138. The van der Waals surface area contributed by atoms with Crippen LogP contribution in [0.15, 0.2) is 0 Å². The highest BCUT2D eigenvalue weighted by molar-refractivity contribution is 7.91. The van der Waals surface area contributed by atoms with Crippen LogP contribution in [-0.2, 0) is 26.0 Å². The van der Waals surface area contributed by atoms with E-state index in [9.17, 15) is 22.8 Å². The molecule has 10 nitrogen and oxygen atoms in total. The molecule has 3 aliphatic rings. The van der Waals surface area contributed by atoms with Gasteiger partial charge in [0.15, 0.2) is 9.84 Å². The minimum atomic E-state index is -3.03. The van der Waals surface area contributed by atoms with Crippen LogP contribution in [-0.4, -0.2) is 76.5 Å². The Labute approximate surface area is 181 Å². The predicted octanol–water partition coefficient (Wildman–Crippen LogP) is 0.683. The summed E-state index contributed by atoms with van der Waals surface area (Å²) in [6.45, 7) is 3.68. The highest BCUT2D eigenvalue weighted by atomic mass is 32.2. The average molecular weight is 452 g/mol. The normalized spacial score (nSPS) is 24.2. The number of amides is 4. The van der Waals surface area contributed by atoms with Crippen molar-refractivity contribution in [2.75, 3.05) is 25.1 Å². The van der Waals surface area contributed by atoms with Gasteiger partial charge in [0.25, 0.3) is 5.91 Å². The van der Waals surface area contributed by atoms with E-state index >= 15 is 0 Å². The van der Waals surface area contributed by atoms with Crippen molar-refractivity contribution < 1.29 is 22.8 Å². The van der Waals surface area contributed by atoms with Crippen LogP contribution in [0.3, 0.4) is 0 Å². The first-order chi connectivity index (χ1) is 14.5. The lowest BCUT2D eigenvalue weighted by atomic mass is 9.98. The van der Waals surface area contributed by atoms with E-state index in [1.165, 1.54) is 4.90 Å². The second-order valence-corrected chi connectivity index (χ2v) is 11.2. The summed E-state index contributed by atoms with van der Waals surface area (Å²) in [5.41, 5.74) is 1.59. The fourth-order valence-corrected chi connectivity index (χ4v) is 6.66. The molecule has 1 spiro atoms. The van der Waals surface area contributed by atoms with E-state index in [0.29, 0.717) is 19.3 Å². The van der Waals surface area contributed by atoms with Crippen LogP contribution in [0.25, 0.3) is 0 Å². The SMILES string of the molecule is Cc1nn([C@H]2CCS(=O)(=O)C2)c(C)c1CN(C)C(=O)CN1C(=O)NC2(CCCC2)C1=O. The Morgan fingerprint density at radius 1 is 1.26 bits per heavy atom. The number of urea groups is 1. The summed E-state index contributed by atoms with van der Waals surface area (Å²) in [6.07, 6.45) is 3.54. The van der Waals surface area contributed by atoms with Gasteiger partial charge in [-0.15, -0.1) is 0 Å².